The average Bonchev–Trinajstić information content (AvgIpc) is 2.88. The van der Waals surface area contributed by atoms with Crippen molar-refractivity contribution in [3.8, 4) is 5.75 Å². The third-order valence-electron chi connectivity index (χ3n) is 3.89. The van der Waals surface area contributed by atoms with E-state index in [1.54, 1.807) is 0 Å². The van der Waals surface area contributed by atoms with Gasteiger partial charge in [0.25, 0.3) is 0 Å². The third-order valence-corrected chi connectivity index (χ3v) is 4.42. The van der Waals surface area contributed by atoms with Crippen LogP contribution in [0.5, 0.6) is 5.75 Å². The smallest absolute Gasteiger partial charge is 0.123 e. The molecule has 0 fully saturated rings. The van der Waals surface area contributed by atoms with Gasteiger partial charge in [0.15, 0.2) is 0 Å². The van der Waals surface area contributed by atoms with Crippen LogP contribution < -0.4 is 10.5 Å². The summed E-state index contributed by atoms with van der Waals surface area (Å²) in [6.45, 7) is 0.651. The molecule has 1 aliphatic heterocycles. The second-order valence-corrected chi connectivity index (χ2v) is 6.19. The summed E-state index contributed by atoms with van der Waals surface area (Å²) in [5, 5.41) is 0. The SMILES string of the molecule is NCC(CC1Cc2ccccc2O1)c1ccc(Br)cc1. The molecule has 2 atom stereocenters. The van der Waals surface area contributed by atoms with Crippen LogP contribution in [0.2, 0.25) is 0 Å². The van der Waals surface area contributed by atoms with E-state index in [0.29, 0.717) is 12.5 Å². The first kappa shape index (κ1) is 13.7. The Balaban J connectivity index is 1.69. The van der Waals surface area contributed by atoms with Crippen LogP contribution in [0.25, 0.3) is 0 Å². The Labute approximate surface area is 128 Å². The number of fused-ring (bicyclic) bond motifs is 1. The van der Waals surface area contributed by atoms with Gasteiger partial charge in [-0.3, -0.25) is 0 Å². The summed E-state index contributed by atoms with van der Waals surface area (Å²) in [7, 11) is 0. The average molecular weight is 332 g/mol. The highest BCUT2D eigenvalue weighted by Crippen LogP contribution is 2.33. The maximum Gasteiger partial charge on any atom is 0.123 e. The Morgan fingerprint density at radius 3 is 2.60 bits per heavy atom. The summed E-state index contributed by atoms with van der Waals surface area (Å²) in [6, 6.07) is 16.7. The van der Waals surface area contributed by atoms with Crippen LogP contribution in [-0.2, 0) is 6.42 Å². The number of para-hydroxylation sites is 1. The summed E-state index contributed by atoms with van der Waals surface area (Å²) in [6.07, 6.45) is 2.19. The first-order valence-electron chi connectivity index (χ1n) is 6.96. The molecule has 3 rings (SSSR count). The van der Waals surface area contributed by atoms with Gasteiger partial charge in [-0.05, 0) is 48.2 Å². The molecule has 2 nitrogen and oxygen atoms in total. The molecule has 0 spiro atoms. The second kappa shape index (κ2) is 5.98. The van der Waals surface area contributed by atoms with E-state index in [1.807, 2.05) is 12.1 Å². The van der Waals surface area contributed by atoms with E-state index in [1.165, 1.54) is 11.1 Å². The Kier molecular flexibility index (Phi) is 4.08. The fourth-order valence-corrected chi connectivity index (χ4v) is 3.07. The van der Waals surface area contributed by atoms with E-state index in [-0.39, 0.29) is 6.10 Å². The number of halogens is 1. The Bertz CT molecular complexity index is 557. The van der Waals surface area contributed by atoms with Gasteiger partial charge in [0.05, 0.1) is 0 Å². The van der Waals surface area contributed by atoms with Gasteiger partial charge >= 0.3 is 0 Å². The Morgan fingerprint density at radius 1 is 1.15 bits per heavy atom. The van der Waals surface area contributed by atoms with Crippen molar-refractivity contribution in [3.63, 3.8) is 0 Å². The highest BCUT2D eigenvalue weighted by molar-refractivity contribution is 9.10. The molecule has 2 aromatic rings. The minimum absolute atomic E-state index is 0.240. The molecule has 0 amide bonds. The van der Waals surface area contributed by atoms with E-state index >= 15 is 0 Å². The minimum atomic E-state index is 0.240. The largest absolute Gasteiger partial charge is 0.490 e. The van der Waals surface area contributed by atoms with Gasteiger partial charge in [-0.1, -0.05) is 46.3 Å². The lowest BCUT2D eigenvalue weighted by atomic mass is 9.92. The predicted molar refractivity (Wildman–Crippen MR) is 85.1 cm³/mol. The molecule has 1 aliphatic rings. The van der Waals surface area contributed by atoms with Gasteiger partial charge in [0, 0.05) is 10.9 Å². The molecular formula is C17H18BrNO. The molecule has 2 N–H and O–H groups in total. The molecule has 0 radical (unpaired) electrons. The topological polar surface area (TPSA) is 35.2 Å². The Hall–Kier alpha value is -1.32. The van der Waals surface area contributed by atoms with Crippen LogP contribution in [0.3, 0.4) is 0 Å². The molecule has 0 bridgehead atoms. The molecule has 104 valence electrons. The molecule has 0 saturated heterocycles. The fourth-order valence-electron chi connectivity index (χ4n) is 2.81. The van der Waals surface area contributed by atoms with Gasteiger partial charge in [-0.15, -0.1) is 0 Å². The number of nitrogens with two attached hydrogens (primary N) is 1. The van der Waals surface area contributed by atoms with Crippen LogP contribution >= 0.6 is 15.9 Å². The molecule has 0 aromatic heterocycles. The van der Waals surface area contributed by atoms with Crippen LogP contribution in [0.4, 0.5) is 0 Å². The zero-order valence-electron chi connectivity index (χ0n) is 11.3. The first-order chi connectivity index (χ1) is 9.76. The zero-order chi connectivity index (χ0) is 13.9. The molecule has 3 heteroatoms. The lowest BCUT2D eigenvalue weighted by molar-refractivity contribution is 0.210. The zero-order valence-corrected chi connectivity index (χ0v) is 12.8. The van der Waals surface area contributed by atoms with Crippen molar-refractivity contribution in [2.45, 2.75) is 24.9 Å². The highest BCUT2D eigenvalue weighted by atomic mass is 79.9. The number of ether oxygens (including phenoxy) is 1. The molecule has 2 aromatic carbocycles. The van der Waals surface area contributed by atoms with Crippen molar-refractivity contribution in [1.82, 2.24) is 0 Å². The molecular weight excluding hydrogens is 314 g/mol. The highest BCUT2D eigenvalue weighted by Gasteiger charge is 2.25. The quantitative estimate of drug-likeness (QED) is 0.922. The van der Waals surface area contributed by atoms with Crippen LogP contribution in [-0.4, -0.2) is 12.6 Å². The maximum absolute atomic E-state index is 6.02. The lowest BCUT2D eigenvalue weighted by Gasteiger charge is -2.19. The summed E-state index contributed by atoms with van der Waals surface area (Å²) in [4.78, 5) is 0. The van der Waals surface area contributed by atoms with E-state index < -0.39 is 0 Å². The van der Waals surface area contributed by atoms with Crippen molar-refractivity contribution >= 4 is 15.9 Å². The minimum Gasteiger partial charge on any atom is -0.490 e. The van der Waals surface area contributed by atoms with Crippen LogP contribution in [0.1, 0.15) is 23.5 Å². The fraction of sp³-hybridized carbons (Fsp3) is 0.294. The number of hydrogen-bond acceptors (Lipinski definition) is 2. The lowest BCUT2D eigenvalue weighted by Crippen LogP contribution is -2.22. The predicted octanol–water partition coefficient (Wildman–Crippen LogP) is 3.89. The number of benzene rings is 2. The van der Waals surface area contributed by atoms with Crippen molar-refractivity contribution in [3.05, 3.63) is 64.1 Å². The third kappa shape index (κ3) is 2.89. The van der Waals surface area contributed by atoms with Crippen LogP contribution in [0, 0.1) is 0 Å². The van der Waals surface area contributed by atoms with Crippen LogP contribution in [0.15, 0.2) is 53.0 Å². The van der Waals surface area contributed by atoms with Crippen molar-refractivity contribution < 1.29 is 4.74 Å². The van der Waals surface area contributed by atoms with Gasteiger partial charge in [-0.2, -0.15) is 0 Å². The van der Waals surface area contributed by atoms with Gasteiger partial charge in [0.1, 0.15) is 11.9 Å². The van der Waals surface area contributed by atoms with Gasteiger partial charge < -0.3 is 10.5 Å². The van der Waals surface area contributed by atoms with Crippen molar-refractivity contribution in [2.24, 2.45) is 5.73 Å². The van der Waals surface area contributed by atoms with E-state index in [0.717, 1.165) is 23.1 Å². The summed E-state index contributed by atoms with van der Waals surface area (Å²) in [5.41, 5.74) is 8.56. The van der Waals surface area contributed by atoms with Crippen molar-refractivity contribution in [1.29, 1.82) is 0 Å². The number of hydrogen-bond donors (Lipinski definition) is 1. The molecule has 20 heavy (non-hydrogen) atoms. The first-order valence-corrected chi connectivity index (χ1v) is 7.75. The second-order valence-electron chi connectivity index (χ2n) is 5.27. The summed E-state index contributed by atoms with van der Waals surface area (Å²) >= 11 is 3.47. The summed E-state index contributed by atoms with van der Waals surface area (Å²) in [5.74, 6) is 1.38. The molecule has 2 unspecified atom stereocenters. The molecule has 0 aliphatic carbocycles. The standard InChI is InChI=1S/C17H18BrNO/c18-15-7-5-12(6-8-15)14(11-19)10-16-9-13-3-1-2-4-17(13)20-16/h1-8,14,16H,9-11,19H2. The van der Waals surface area contributed by atoms with Gasteiger partial charge in [0.2, 0.25) is 0 Å². The van der Waals surface area contributed by atoms with Gasteiger partial charge in [-0.25, -0.2) is 0 Å². The molecule has 1 heterocycles. The van der Waals surface area contributed by atoms with E-state index in [9.17, 15) is 0 Å². The van der Waals surface area contributed by atoms with Crippen molar-refractivity contribution in [2.75, 3.05) is 6.54 Å². The summed E-state index contributed by atoms with van der Waals surface area (Å²) < 4.78 is 7.12. The maximum atomic E-state index is 6.02. The number of rotatable bonds is 4. The Morgan fingerprint density at radius 2 is 1.90 bits per heavy atom. The van der Waals surface area contributed by atoms with E-state index in [4.69, 9.17) is 10.5 Å². The monoisotopic (exact) mass is 331 g/mol. The van der Waals surface area contributed by atoms with E-state index in [2.05, 4.69) is 52.3 Å². The normalized spacial score (nSPS) is 18.4. The molecule has 0 saturated carbocycles.